The minimum Gasteiger partial charge on any atom is -0.497 e. The first-order valence-corrected chi connectivity index (χ1v) is 17.3. The number of halogens is 3. The van der Waals surface area contributed by atoms with E-state index in [2.05, 4.69) is 5.32 Å². The summed E-state index contributed by atoms with van der Waals surface area (Å²) in [6, 6.07) is 9.64. The molecule has 1 aliphatic heterocycles. The minimum absolute atomic E-state index is 0.0186. The van der Waals surface area contributed by atoms with Crippen LogP contribution in [-0.2, 0) is 19.6 Å². The fourth-order valence-electron chi connectivity index (χ4n) is 5.22. The van der Waals surface area contributed by atoms with E-state index in [1.165, 1.54) is 53.7 Å². The number of sulfonamides is 1. The Balaban J connectivity index is 1.93. The number of rotatable bonds is 10. The number of nitrogens with zero attached hydrogens (tertiary/aromatic N) is 2. The summed E-state index contributed by atoms with van der Waals surface area (Å²) in [6.07, 6.45) is -5.55. The summed E-state index contributed by atoms with van der Waals surface area (Å²) in [4.78, 5) is 28.0. The summed E-state index contributed by atoms with van der Waals surface area (Å²) in [6.45, 7) is 5.30. The highest BCUT2D eigenvalue weighted by Gasteiger charge is 2.33. The number of carbonyl (C=O) groups is 2. The standard InChI is InChI=1S/C33H46F3N3O8S/c1-22-19-39(23(2)21-40)32(42)28-18-25(37-31(41)15-16-33(34,35)36)9-14-29(28)47-24(3)8-6-7-17-46-30(22)20-38(4)48(43,44)27-12-10-26(45-5)11-13-27/h9-14,18,22-24,30,40H,6-8,15-17,19-21H2,1-5H3,(H,37,41)/t22-,23+,24-,30-/m1/s1. The number of methoxy groups -OCH3 is 1. The molecule has 2 amide bonds. The lowest BCUT2D eigenvalue weighted by Crippen LogP contribution is -2.48. The smallest absolute Gasteiger partial charge is 0.389 e. The van der Waals surface area contributed by atoms with E-state index >= 15 is 0 Å². The molecule has 1 heterocycles. The fraction of sp³-hybridized carbons (Fsp3) is 0.576. The molecule has 2 N–H and O–H groups in total. The van der Waals surface area contributed by atoms with Crippen molar-refractivity contribution in [2.75, 3.05) is 45.8 Å². The molecule has 0 bridgehead atoms. The molecule has 0 fully saturated rings. The Bertz CT molecular complexity index is 1470. The molecule has 3 rings (SSSR count). The fourth-order valence-corrected chi connectivity index (χ4v) is 6.40. The Hall–Kier alpha value is -3.40. The zero-order valence-electron chi connectivity index (χ0n) is 28.0. The monoisotopic (exact) mass is 701 g/mol. The first-order valence-electron chi connectivity index (χ1n) is 15.9. The lowest BCUT2D eigenvalue weighted by atomic mass is 10.0. The zero-order chi connectivity index (χ0) is 35.6. The van der Waals surface area contributed by atoms with Crippen LogP contribution in [0, 0.1) is 5.92 Å². The van der Waals surface area contributed by atoms with Crippen LogP contribution in [0.5, 0.6) is 11.5 Å². The highest BCUT2D eigenvalue weighted by Crippen LogP contribution is 2.29. The van der Waals surface area contributed by atoms with Gasteiger partial charge in [-0.15, -0.1) is 0 Å². The summed E-state index contributed by atoms with van der Waals surface area (Å²) in [5, 5.41) is 12.6. The van der Waals surface area contributed by atoms with Crippen molar-refractivity contribution < 1.29 is 50.5 Å². The van der Waals surface area contributed by atoms with Gasteiger partial charge in [0.25, 0.3) is 5.91 Å². The number of carbonyl (C=O) groups excluding carboxylic acids is 2. The maximum absolute atomic E-state index is 14.2. The molecule has 2 aromatic rings. The molecule has 4 atom stereocenters. The molecule has 0 aromatic heterocycles. The maximum atomic E-state index is 14.2. The van der Waals surface area contributed by atoms with Crippen LogP contribution in [0.3, 0.4) is 0 Å². The summed E-state index contributed by atoms with van der Waals surface area (Å²) in [5.74, 6) is -1.10. The molecule has 15 heteroatoms. The number of hydrogen-bond acceptors (Lipinski definition) is 8. The van der Waals surface area contributed by atoms with Crippen molar-refractivity contribution in [3.63, 3.8) is 0 Å². The molecule has 0 unspecified atom stereocenters. The molecule has 0 saturated carbocycles. The van der Waals surface area contributed by atoms with Gasteiger partial charge in [0.05, 0.1) is 48.8 Å². The van der Waals surface area contributed by atoms with Gasteiger partial charge in [-0.1, -0.05) is 6.92 Å². The van der Waals surface area contributed by atoms with Crippen LogP contribution in [0.4, 0.5) is 18.9 Å². The van der Waals surface area contributed by atoms with Crippen molar-refractivity contribution >= 4 is 27.5 Å². The molecule has 0 radical (unpaired) electrons. The normalized spacial score (nSPS) is 20.8. The van der Waals surface area contributed by atoms with Gasteiger partial charge in [-0.25, -0.2) is 8.42 Å². The Morgan fingerprint density at radius 3 is 2.48 bits per heavy atom. The van der Waals surface area contributed by atoms with Gasteiger partial charge < -0.3 is 29.5 Å². The van der Waals surface area contributed by atoms with Crippen LogP contribution in [0.1, 0.15) is 63.2 Å². The Morgan fingerprint density at radius 1 is 1.17 bits per heavy atom. The van der Waals surface area contributed by atoms with Crippen LogP contribution in [-0.4, -0.2) is 99.4 Å². The van der Waals surface area contributed by atoms with E-state index in [9.17, 15) is 36.3 Å². The largest absolute Gasteiger partial charge is 0.497 e. The van der Waals surface area contributed by atoms with E-state index in [4.69, 9.17) is 14.2 Å². The van der Waals surface area contributed by atoms with Crippen molar-refractivity contribution in [2.45, 2.75) is 82.2 Å². The second kappa shape index (κ2) is 17.3. The van der Waals surface area contributed by atoms with E-state index in [0.29, 0.717) is 31.6 Å². The summed E-state index contributed by atoms with van der Waals surface area (Å²) < 4.78 is 83.6. The maximum Gasteiger partial charge on any atom is 0.389 e. The predicted molar refractivity (Wildman–Crippen MR) is 174 cm³/mol. The topological polar surface area (TPSA) is 135 Å². The predicted octanol–water partition coefficient (Wildman–Crippen LogP) is 5.09. The van der Waals surface area contributed by atoms with Crippen molar-refractivity contribution in [3.8, 4) is 11.5 Å². The third-order valence-corrected chi connectivity index (χ3v) is 10.0. The molecular formula is C33H46F3N3O8S. The molecule has 0 saturated heterocycles. The average molecular weight is 702 g/mol. The number of ether oxygens (including phenoxy) is 3. The van der Waals surface area contributed by atoms with Crippen molar-refractivity contribution in [1.29, 1.82) is 0 Å². The Morgan fingerprint density at radius 2 is 1.85 bits per heavy atom. The second-order valence-electron chi connectivity index (χ2n) is 12.1. The van der Waals surface area contributed by atoms with Crippen LogP contribution >= 0.6 is 0 Å². The number of aliphatic hydroxyl groups is 1. The van der Waals surface area contributed by atoms with Gasteiger partial charge in [-0.3, -0.25) is 9.59 Å². The molecular weight excluding hydrogens is 655 g/mol. The van der Waals surface area contributed by atoms with Gasteiger partial charge in [0.15, 0.2) is 0 Å². The number of benzene rings is 2. The van der Waals surface area contributed by atoms with E-state index in [1.54, 1.807) is 19.1 Å². The summed E-state index contributed by atoms with van der Waals surface area (Å²) >= 11 is 0. The van der Waals surface area contributed by atoms with Gasteiger partial charge in [-0.05, 0) is 75.6 Å². The minimum atomic E-state index is -4.50. The number of likely N-dealkylation sites (N-methyl/N-ethyl adjacent to an activating group) is 1. The average Bonchev–Trinajstić information content (AvgIpc) is 3.04. The number of nitrogens with one attached hydrogen (secondary N) is 1. The van der Waals surface area contributed by atoms with Crippen LogP contribution < -0.4 is 14.8 Å². The third kappa shape index (κ3) is 11.1. The number of amides is 2. The quantitative estimate of drug-likeness (QED) is 0.350. The van der Waals surface area contributed by atoms with Crippen LogP contribution in [0.2, 0.25) is 0 Å². The van der Waals surface area contributed by atoms with E-state index < -0.39 is 65.5 Å². The lowest BCUT2D eigenvalue weighted by molar-refractivity contribution is -0.142. The summed E-state index contributed by atoms with van der Waals surface area (Å²) in [5.41, 5.74) is 0.166. The number of fused-ring (bicyclic) bond motifs is 1. The third-order valence-electron chi connectivity index (χ3n) is 8.18. The lowest BCUT2D eigenvalue weighted by Gasteiger charge is -2.35. The van der Waals surface area contributed by atoms with Crippen molar-refractivity contribution in [2.24, 2.45) is 5.92 Å². The van der Waals surface area contributed by atoms with Gasteiger partial charge >= 0.3 is 6.18 Å². The molecule has 1 aliphatic rings. The SMILES string of the molecule is COc1ccc(S(=O)(=O)N(C)C[C@H]2OCCCC[C@@H](C)Oc3ccc(NC(=O)CCC(F)(F)F)cc3C(=O)N([C@@H](C)CO)C[C@H]2C)cc1. The van der Waals surface area contributed by atoms with Crippen molar-refractivity contribution in [3.05, 3.63) is 48.0 Å². The van der Waals surface area contributed by atoms with Gasteiger partial charge in [0.1, 0.15) is 11.5 Å². The van der Waals surface area contributed by atoms with E-state index in [1.807, 2.05) is 13.8 Å². The van der Waals surface area contributed by atoms with Gasteiger partial charge in [0.2, 0.25) is 15.9 Å². The van der Waals surface area contributed by atoms with Crippen molar-refractivity contribution in [1.82, 2.24) is 9.21 Å². The molecule has 2 aromatic carbocycles. The number of hydrogen-bond donors (Lipinski definition) is 2. The first-order chi connectivity index (χ1) is 22.5. The Labute approximate surface area is 280 Å². The summed E-state index contributed by atoms with van der Waals surface area (Å²) in [7, 11) is -0.960. The van der Waals surface area contributed by atoms with Gasteiger partial charge in [0, 0.05) is 44.8 Å². The van der Waals surface area contributed by atoms with Gasteiger partial charge in [-0.2, -0.15) is 17.5 Å². The molecule has 48 heavy (non-hydrogen) atoms. The molecule has 0 aliphatic carbocycles. The highest BCUT2D eigenvalue weighted by atomic mass is 32.2. The highest BCUT2D eigenvalue weighted by molar-refractivity contribution is 7.89. The van der Waals surface area contributed by atoms with Crippen LogP contribution in [0.25, 0.3) is 0 Å². The second-order valence-corrected chi connectivity index (χ2v) is 14.2. The number of anilines is 1. The first kappa shape index (κ1) is 39.0. The molecule has 11 nitrogen and oxygen atoms in total. The molecule has 268 valence electrons. The Kier molecular flexibility index (Phi) is 14.1. The number of alkyl halides is 3. The zero-order valence-corrected chi connectivity index (χ0v) is 28.8. The van der Waals surface area contributed by atoms with Crippen LogP contribution in [0.15, 0.2) is 47.4 Å². The molecule has 0 spiro atoms. The number of aliphatic hydroxyl groups excluding tert-OH is 1. The van der Waals surface area contributed by atoms with E-state index in [0.717, 1.165) is 0 Å². The van der Waals surface area contributed by atoms with E-state index in [-0.39, 0.29) is 41.1 Å².